The van der Waals surface area contributed by atoms with E-state index in [2.05, 4.69) is 36.1 Å². The molecule has 1 saturated carbocycles. The highest BCUT2D eigenvalue weighted by Gasteiger charge is 2.44. The number of hydrogen-bond acceptors (Lipinski definition) is 2. The van der Waals surface area contributed by atoms with Crippen LogP contribution in [0.15, 0.2) is 24.3 Å². The molecule has 0 aromatic heterocycles. The van der Waals surface area contributed by atoms with Crippen molar-refractivity contribution >= 4 is 5.69 Å². The van der Waals surface area contributed by atoms with Crippen molar-refractivity contribution in [2.24, 2.45) is 11.7 Å². The molecule has 0 spiro atoms. The van der Waals surface area contributed by atoms with Crippen molar-refractivity contribution in [3.63, 3.8) is 0 Å². The summed E-state index contributed by atoms with van der Waals surface area (Å²) in [6.45, 7) is 4.28. The van der Waals surface area contributed by atoms with Crippen LogP contribution in [0, 0.1) is 5.92 Å². The first kappa shape index (κ1) is 12.0. The second kappa shape index (κ2) is 4.58. The average Bonchev–Trinajstić information content (AvgIpc) is 3.03. The summed E-state index contributed by atoms with van der Waals surface area (Å²) in [4.78, 5) is 2.62. The number of fused-ring (bicyclic) bond motifs is 1. The van der Waals surface area contributed by atoms with Gasteiger partial charge in [0, 0.05) is 18.8 Å². The summed E-state index contributed by atoms with van der Waals surface area (Å²) in [6, 6.07) is 8.86. The molecule has 2 N–H and O–H groups in total. The maximum absolute atomic E-state index is 6.18. The molecule has 0 amide bonds. The Bertz CT molecular complexity index is 429. The van der Waals surface area contributed by atoms with Crippen molar-refractivity contribution < 1.29 is 0 Å². The topological polar surface area (TPSA) is 29.3 Å². The van der Waals surface area contributed by atoms with Crippen LogP contribution in [0.3, 0.4) is 0 Å². The fourth-order valence-electron chi connectivity index (χ4n) is 3.93. The molecule has 1 aromatic rings. The van der Waals surface area contributed by atoms with Gasteiger partial charge in [-0.1, -0.05) is 31.5 Å². The van der Waals surface area contributed by atoms with E-state index in [4.69, 9.17) is 5.73 Å². The van der Waals surface area contributed by atoms with Crippen LogP contribution >= 0.6 is 0 Å². The zero-order valence-electron chi connectivity index (χ0n) is 11.4. The Morgan fingerprint density at radius 1 is 1.39 bits per heavy atom. The molecule has 3 rings (SSSR count). The van der Waals surface area contributed by atoms with Gasteiger partial charge in [-0.3, -0.25) is 0 Å². The number of anilines is 1. The van der Waals surface area contributed by atoms with Crippen LogP contribution in [0.25, 0.3) is 0 Å². The van der Waals surface area contributed by atoms with Gasteiger partial charge in [-0.15, -0.1) is 0 Å². The predicted octanol–water partition coefficient (Wildman–Crippen LogP) is 2.96. The van der Waals surface area contributed by atoms with E-state index in [0.29, 0.717) is 0 Å². The zero-order chi connectivity index (χ0) is 12.6. The van der Waals surface area contributed by atoms with Gasteiger partial charge < -0.3 is 10.6 Å². The predicted molar refractivity (Wildman–Crippen MR) is 76.9 cm³/mol. The van der Waals surface area contributed by atoms with Crippen molar-refractivity contribution in [2.75, 3.05) is 18.0 Å². The van der Waals surface area contributed by atoms with E-state index in [1.54, 1.807) is 0 Å². The number of hydrogen-bond donors (Lipinski definition) is 1. The van der Waals surface area contributed by atoms with Crippen LogP contribution < -0.4 is 10.6 Å². The van der Waals surface area contributed by atoms with E-state index in [-0.39, 0.29) is 5.54 Å². The van der Waals surface area contributed by atoms with Gasteiger partial charge in [-0.05, 0) is 43.2 Å². The Balaban J connectivity index is 1.90. The molecule has 1 heterocycles. The molecule has 0 saturated heterocycles. The van der Waals surface area contributed by atoms with E-state index in [1.807, 2.05) is 0 Å². The van der Waals surface area contributed by atoms with Crippen molar-refractivity contribution in [2.45, 2.75) is 44.6 Å². The standard InChI is InChI=1S/C16H24N2/c1-2-13-7-9-16(11-13,12-17)18-10-8-14-5-3-4-6-15(14)18/h3-6,13H,2,7-12,17H2,1H3. The maximum Gasteiger partial charge on any atom is 0.0527 e. The third kappa shape index (κ3) is 1.74. The van der Waals surface area contributed by atoms with Gasteiger partial charge in [-0.25, -0.2) is 0 Å². The Kier molecular flexibility index (Phi) is 3.06. The lowest BCUT2D eigenvalue weighted by molar-refractivity contribution is 0.389. The van der Waals surface area contributed by atoms with E-state index in [0.717, 1.165) is 19.0 Å². The smallest absolute Gasteiger partial charge is 0.0527 e. The molecule has 2 heteroatoms. The third-order valence-electron chi connectivity index (χ3n) is 5.10. The first-order chi connectivity index (χ1) is 8.79. The van der Waals surface area contributed by atoms with Crippen LogP contribution in [-0.4, -0.2) is 18.6 Å². The number of nitrogens with zero attached hydrogens (tertiary/aromatic N) is 1. The van der Waals surface area contributed by atoms with Crippen molar-refractivity contribution in [1.82, 2.24) is 0 Å². The lowest BCUT2D eigenvalue weighted by Crippen LogP contribution is -2.52. The molecule has 2 nitrogen and oxygen atoms in total. The fourth-order valence-corrected chi connectivity index (χ4v) is 3.93. The Labute approximate surface area is 110 Å². The number of rotatable bonds is 3. The summed E-state index contributed by atoms with van der Waals surface area (Å²) in [6.07, 6.45) is 6.41. The summed E-state index contributed by atoms with van der Waals surface area (Å²) >= 11 is 0. The number of para-hydroxylation sites is 1. The zero-order valence-corrected chi connectivity index (χ0v) is 11.4. The van der Waals surface area contributed by atoms with Gasteiger partial charge in [-0.2, -0.15) is 0 Å². The average molecular weight is 244 g/mol. The fraction of sp³-hybridized carbons (Fsp3) is 0.625. The Morgan fingerprint density at radius 2 is 2.22 bits per heavy atom. The summed E-state index contributed by atoms with van der Waals surface area (Å²) in [5, 5.41) is 0. The Morgan fingerprint density at radius 3 is 2.94 bits per heavy atom. The first-order valence-electron chi connectivity index (χ1n) is 7.35. The van der Waals surface area contributed by atoms with Gasteiger partial charge in [0.05, 0.1) is 5.54 Å². The minimum Gasteiger partial charge on any atom is -0.364 e. The highest BCUT2D eigenvalue weighted by molar-refractivity contribution is 5.60. The van der Waals surface area contributed by atoms with Crippen molar-refractivity contribution in [3.8, 4) is 0 Å². The molecule has 98 valence electrons. The molecule has 1 aliphatic heterocycles. The lowest BCUT2D eigenvalue weighted by atomic mass is 9.92. The molecule has 0 bridgehead atoms. The highest BCUT2D eigenvalue weighted by Crippen LogP contribution is 2.44. The summed E-state index contributed by atoms with van der Waals surface area (Å²) in [5.41, 5.74) is 9.37. The van der Waals surface area contributed by atoms with E-state index in [9.17, 15) is 0 Å². The minimum absolute atomic E-state index is 0.243. The second-order valence-corrected chi connectivity index (χ2v) is 5.98. The number of benzene rings is 1. The van der Waals surface area contributed by atoms with Gasteiger partial charge in [0.1, 0.15) is 0 Å². The first-order valence-corrected chi connectivity index (χ1v) is 7.35. The molecule has 0 radical (unpaired) electrons. The largest absolute Gasteiger partial charge is 0.364 e. The van der Waals surface area contributed by atoms with Gasteiger partial charge in [0.15, 0.2) is 0 Å². The molecular weight excluding hydrogens is 220 g/mol. The molecule has 1 fully saturated rings. The summed E-state index contributed by atoms with van der Waals surface area (Å²) in [5.74, 6) is 0.876. The second-order valence-electron chi connectivity index (χ2n) is 5.98. The molecule has 2 aliphatic rings. The van der Waals surface area contributed by atoms with Gasteiger partial charge in [0.25, 0.3) is 0 Å². The van der Waals surface area contributed by atoms with Gasteiger partial charge in [0.2, 0.25) is 0 Å². The molecule has 1 aliphatic carbocycles. The van der Waals surface area contributed by atoms with Crippen LogP contribution in [-0.2, 0) is 6.42 Å². The SMILES string of the molecule is CCC1CCC(CN)(N2CCc3ccccc32)C1. The van der Waals surface area contributed by atoms with E-state index >= 15 is 0 Å². The normalized spacial score (nSPS) is 30.8. The molecular formula is C16H24N2. The number of nitrogens with two attached hydrogens (primary N) is 1. The molecule has 2 unspecified atom stereocenters. The summed E-state index contributed by atoms with van der Waals surface area (Å²) < 4.78 is 0. The minimum atomic E-state index is 0.243. The molecule has 18 heavy (non-hydrogen) atoms. The molecule has 1 aromatic carbocycles. The van der Waals surface area contributed by atoms with Crippen LogP contribution in [0.4, 0.5) is 5.69 Å². The molecule has 2 atom stereocenters. The van der Waals surface area contributed by atoms with E-state index < -0.39 is 0 Å². The summed E-state index contributed by atoms with van der Waals surface area (Å²) in [7, 11) is 0. The van der Waals surface area contributed by atoms with E-state index in [1.165, 1.54) is 43.4 Å². The van der Waals surface area contributed by atoms with Crippen LogP contribution in [0.2, 0.25) is 0 Å². The highest BCUT2D eigenvalue weighted by atomic mass is 15.2. The Hall–Kier alpha value is -1.02. The van der Waals surface area contributed by atoms with Gasteiger partial charge >= 0.3 is 0 Å². The third-order valence-corrected chi connectivity index (χ3v) is 5.10. The maximum atomic E-state index is 6.18. The van der Waals surface area contributed by atoms with Crippen molar-refractivity contribution in [1.29, 1.82) is 0 Å². The monoisotopic (exact) mass is 244 g/mol. The lowest BCUT2D eigenvalue weighted by Gasteiger charge is -2.40. The van der Waals surface area contributed by atoms with Crippen LogP contribution in [0.5, 0.6) is 0 Å². The van der Waals surface area contributed by atoms with Crippen molar-refractivity contribution in [3.05, 3.63) is 29.8 Å². The quantitative estimate of drug-likeness (QED) is 0.885. The van der Waals surface area contributed by atoms with Crippen LogP contribution in [0.1, 0.15) is 38.2 Å².